The molecule has 0 radical (unpaired) electrons. The molecule has 0 aliphatic rings. The van der Waals surface area contributed by atoms with E-state index in [0.717, 1.165) is 29.9 Å². The van der Waals surface area contributed by atoms with Crippen molar-refractivity contribution >= 4 is 0 Å². The van der Waals surface area contributed by atoms with Gasteiger partial charge < -0.3 is 5.32 Å². The van der Waals surface area contributed by atoms with Crippen LogP contribution in [0.3, 0.4) is 0 Å². The first-order valence-corrected chi connectivity index (χ1v) is 7.36. The van der Waals surface area contributed by atoms with Crippen molar-refractivity contribution in [2.75, 3.05) is 6.54 Å². The molecule has 0 unspecified atom stereocenters. The van der Waals surface area contributed by atoms with Gasteiger partial charge in [0.1, 0.15) is 5.82 Å². The molecule has 0 amide bonds. The Kier molecular flexibility index (Phi) is 4.47. The maximum Gasteiger partial charge on any atom is 0.131 e. The summed E-state index contributed by atoms with van der Waals surface area (Å²) in [6.45, 7) is 9.99. The zero-order valence-corrected chi connectivity index (χ0v) is 13.5. The van der Waals surface area contributed by atoms with Gasteiger partial charge in [-0.2, -0.15) is 5.10 Å². The van der Waals surface area contributed by atoms with Crippen molar-refractivity contribution in [3.63, 3.8) is 0 Å². The highest BCUT2D eigenvalue weighted by atomic mass is 19.1. The first-order chi connectivity index (χ1) is 9.82. The van der Waals surface area contributed by atoms with Crippen LogP contribution < -0.4 is 5.32 Å². The van der Waals surface area contributed by atoms with Crippen LogP contribution in [-0.2, 0) is 19.0 Å². The molecule has 0 saturated carbocycles. The van der Waals surface area contributed by atoms with E-state index in [2.05, 4.69) is 38.1 Å². The summed E-state index contributed by atoms with van der Waals surface area (Å²) in [4.78, 5) is 0. The third-order valence-corrected chi connectivity index (χ3v) is 3.44. The average Bonchev–Trinajstić information content (AvgIpc) is 2.80. The Bertz CT molecular complexity index is 623. The van der Waals surface area contributed by atoms with Crippen molar-refractivity contribution in [2.45, 2.75) is 39.7 Å². The number of aryl methyl sites for hydroxylation is 1. The van der Waals surface area contributed by atoms with Gasteiger partial charge in [-0.15, -0.1) is 0 Å². The highest BCUT2D eigenvalue weighted by molar-refractivity contribution is 5.68. The fraction of sp³-hybridized carbons (Fsp3) is 0.471. The standard InChI is InChI=1S/C17H24FN3/c1-6-19-10-12-7-8-15(18)13(9-12)14-11-21(5)20-16(14)17(2,3)4/h7-9,11,19H,6,10H2,1-5H3. The average molecular weight is 289 g/mol. The van der Waals surface area contributed by atoms with Crippen molar-refractivity contribution in [1.82, 2.24) is 15.1 Å². The Hall–Kier alpha value is -1.68. The quantitative estimate of drug-likeness (QED) is 0.931. The molecule has 2 rings (SSSR count). The minimum atomic E-state index is -0.200. The van der Waals surface area contributed by atoms with Crippen molar-refractivity contribution in [1.29, 1.82) is 0 Å². The largest absolute Gasteiger partial charge is 0.313 e. The van der Waals surface area contributed by atoms with Crippen LogP contribution >= 0.6 is 0 Å². The molecule has 0 saturated heterocycles. The summed E-state index contributed by atoms with van der Waals surface area (Å²) < 4.78 is 16.1. The summed E-state index contributed by atoms with van der Waals surface area (Å²) in [6, 6.07) is 5.29. The molecule has 0 aliphatic heterocycles. The van der Waals surface area contributed by atoms with Crippen LogP contribution in [-0.4, -0.2) is 16.3 Å². The lowest BCUT2D eigenvalue weighted by atomic mass is 9.87. The van der Waals surface area contributed by atoms with Crippen LogP contribution in [0.4, 0.5) is 4.39 Å². The van der Waals surface area contributed by atoms with E-state index in [1.54, 1.807) is 10.7 Å². The van der Waals surface area contributed by atoms with Gasteiger partial charge in [-0.3, -0.25) is 4.68 Å². The smallest absolute Gasteiger partial charge is 0.131 e. The normalized spacial score (nSPS) is 11.9. The lowest BCUT2D eigenvalue weighted by Crippen LogP contribution is -2.14. The van der Waals surface area contributed by atoms with Gasteiger partial charge in [0.25, 0.3) is 0 Å². The molecule has 2 aromatic rings. The fourth-order valence-corrected chi connectivity index (χ4v) is 2.40. The van der Waals surface area contributed by atoms with Crippen molar-refractivity contribution in [3.05, 3.63) is 41.5 Å². The zero-order valence-electron chi connectivity index (χ0n) is 13.5. The highest BCUT2D eigenvalue weighted by Gasteiger charge is 2.24. The second kappa shape index (κ2) is 5.98. The monoisotopic (exact) mass is 289 g/mol. The minimum absolute atomic E-state index is 0.124. The molecule has 1 heterocycles. The third-order valence-electron chi connectivity index (χ3n) is 3.44. The van der Waals surface area contributed by atoms with E-state index in [1.807, 2.05) is 25.4 Å². The van der Waals surface area contributed by atoms with Gasteiger partial charge in [0, 0.05) is 36.3 Å². The Labute approximate surface area is 126 Å². The minimum Gasteiger partial charge on any atom is -0.313 e. The molecule has 1 aromatic heterocycles. The number of hydrogen-bond acceptors (Lipinski definition) is 2. The molecule has 1 N–H and O–H groups in total. The van der Waals surface area contributed by atoms with Gasteiger partial charge >= 0.3 is 0 Å². The topological polar surface area (TPSA) is 29.9 Å². The van der Waals surface area contributed by atoms with Crippen LogP contribution in [0.5, 0.6) is 0 Å². The van der Waals surface area contributed by atoms with Gasteiger partial charge in [-0.1, -0.05) is 33.8 Å². The van der Waals surface area contributed by atoms with E-state index in [1.165, 1.54) is 0 Å². The number of benzene rings is 1. The number of aromatic nitrogens is 2. The number of halogens is 1. The summed E-state index contributed by atoms with van der Waals surface area (Å²) in [7, 11) is 1.87. The molecule has 21 heavy (non-hydrogen) atoms. The van der Waals surface area contributed by atoms with Crippen molar-refractivity contribution in [3.8, 4) is 11.1 Å². The lowest BCUT2D eigenvalue weighted by Gasteiger charge is -2.18. The molecule has 114 valence electrons. The summed E-state index contributed by atoms with van der Waals surface area (Å²) in [5.41, 5.74) is 3.38. The Morgan fingerprint density at radius 2 is 1.95 bits per heavy atom. The molecule has 0 aliphatic carbocycles. The zero-order chi connectivity index (χ0) is 15.6. The van der Waals surface area contributed by atoms with E-state index in [0.29, 0.717) is 5.56 Å². The van der Waals surface area contributed by atoms with E-state index >= 15 is 0 Å². The molecule has 0 bridgehead atoms. The molecular weight excluding hydrogens is 265 g/mol. The van der Waals surface area contributed by atoms with Crippen LogP contribution in [0.1, 0.15) is 39.0 Å². The second-order valence-electron chi connectivity index (χ2n) is 6.41. The van der Waals surface area contributed by atoms with Crippen LogP contribution in [0, 0.1) is 5.82 Å². The van der Waals surface area contributed by atoms with E-state index < -0.39 is 0 Å². The fourth-order valence-electron chi connectivity index (χ4n) is 2.40. The summed E-state index contributed by atoms with van der Waals surface area (Å²) in [5.74, 6) is -0.200. The molecule has 3 nitrogen and oxygen atoms in total. The molecule has 0 atom stereocenters. The third kappa shape index (κ3) is 3.50. The second-order valence-corrected chi connectivity index (χ2v) is 6.41. The Morgan fingerprint density at radius 3 is 2.57 bits per heavy atom. The molecule has 4 heteroatoms. The van der Waals surface area contributed by atoms with Gasteiger partial charge in [-0.05, 0) is 24.2 Å². The van der Waals surface area contributed by atoms with Crippen LogP contribution in [0.15, 0.2) is 24.4 Å². The molecule has 1 aromatic carbocycles. The summed E-state index contributed by atoms with van der Waals surface area (Å²) in [5, 5.41) is 7.80. The van der Waals surface area contributed by atoms with E-state index in [4.69, 9.17) is 0 Å². The SMILES string of the molecule is CCNCc1ccc(F)c(-c2cn(C)nc2C(C)(C)C)c1. The van der Waals surface area contributed by atoms with Crippen LogP contribution in [0.25, 0.3) is 11.1 Å². The van der Waals surface area contributed by atoms with Gasteiger partial charge in [-0.25, -0.2) is 4.39 Å². The van der Waals surface area contributed by atoms with E-state index in [-0.39, 0.29) is 11.2 Å². The molecule has 0 fully saturated rings. The lowest BCUT2D eigenvalue weighted by molar-refractivity contribution is 0.553. The van der Waals surface area contributed by atoms with Gasteiger partial charge in [0.05, 0.1) is 5.69 Å². The summed E-state index contributed by atoms with van der Waals surface area (Å²) in [6.07, 6.45) is 1.90. The number of rotatable bonds is 4. The predicted molar refractivity (Wildman–Crippen MR) is 84.7 cm³/mol. The predicted octanol–water partition coefficient (Wildman–Crippen LogP) is 3.63. The highest BCUT2D eigenvalue weighted by Crippen LogP contribution is 2.33. The maximum absolute atomic E-state index is 14.3. The maximum atomic E-state index is 14.3. The molecule has 0 spiro atoms. The molecular formula is C17H24FN3. The van der Waals surface area contributed by atoms with Crippen LogP contribution in [0.2, 0.25) is 0 Å². The number of nitrogens with zero attached hydrogens (tertiary/aromatic N) is 2. The van der Waals surface area contributed by atoms with Crippen molar-refractivity contribution < 1.29 is 4.39 Å². The Morgan fingerprint density at radius 1 is 1.24 bits per heavy atom. The number of nitrogens with one attached hydrogen (secondary N) is 1. The van der Waals surface area contributed by atoms with Gasteiger partial charge in [0.2, 0.25) is 0 Å². The van der Waals surface area contributed by atoms with Gasteiger partial charge in [0.15, 0.2) is 0 Å². The number of hydrogen-bond donors (Lipinski definition) is 1. The first kappa shape index (κ1) is 15.7. The Balaban J connectivity index is 2.51. The summed E-state index contributed by atoms with van der Waals surface area (Å²) >= 11 is 0. The van der Waals surface area contributed by atoms with Crippen molar-refractivity contribution in [2.24, 2.45) is 7.05 Å². The van der Waals surface area contributed by atoms with E-state index in [9.17, 15) is 4.39 Å². The first-order valence-electron chi connectivity index (χ1n) is 7.36.